The van der Waals surface area contributed by atoms with E-state index in [9.17, 15) is 19.5 Å². The quantitative estimate of drug-likeness (QED) is 0.0197. The SMILES string of the molecule is CCCCC/C=C/C/C=C/C/C=C/CCCCCCCCCCCC(=O)OCC(COCCC(C(=O)[O-])[N+](C)(C)C)OC(=O)CCCCC/C=C/C=C/CCCCCCCCC. The van der Waals surface area contributed by atoms with Crippen molar-refractivity contribution in [2.75, 3.05) is 41.0 Å². The Morgan fingerprint density at radius 3 is 1.40 bits per heavy atom. The van der Waals surface area contributed by atoms with Gasteiger partial charge in [0.1, 0.15) is 12.6 Å². The van der Waals surface area contributed by atoms with E-state index in [1.165, 1.54) is 109 Å². The van der Waals surface area contributed by atoms with Crippen LogP contribution in [0.25, 0.3) is 0 Å². The van der Waals surface area contributed by atoms with Crippen molar-refractivity contribution in [3.63, 3.8) is 0 Å². The minimum absolute atomic E-state index is 0.0269. The second kappa shape index (κ2) is 44.6. The fourth-order valence-corrected chi connectivity index (χ4v) is 7.19. The Labute approximate surface area is 381 Å². The van der Waals surface area contributed by atoms with Crippen molar-refractivity contribution < 1.29 is 38.2 Å². The van der Waals surface area contributed by atoms with Crippen LogP contribution < -0.4 is 5.11 Å². The standard InChI is InChI=1S/C54H95NO7/c1-6-8-10-12-14-16-18-20-22-24-25-26-27-28-29-31-32-34-36-38-40-42-44-52(56)61-49-50(48-60-47-46-51(54(58)59)55(3,4)5)62-53(57)45-43-41-39-37-35-33-30-23-21-19-17-15-13-11-9-7-2/h14,16,20,22-23,25-26,30,33,35,50-51H,6-13,15,17-19,21,24,27-29,31-32,34,36-49H2,1-5H3/b16-14+,22-20+,26-25+,30-23+,35-33+. The number of carboxylic acids is 1. The molecule has 0 fully saturated rings. The lowest BCUT2D eigenvalue weighted by Crippen LogP contribution is -2.55. The van der Waals surface area contributed by atoms with E-state index in [4.69, 9.17) is 14.2 Å². The van der Waals surface area contributed by atoms with E-state index in [0.717, 1.165) is 70.6 Å². The van der Waals surface area contributed by atoms with Gasteiger partial charge in [-0.2, -0.15) is 0 Å². The number of esters is 2. The van der Waals surface area contributed by atoms with Gasteiger partial charge in [-0.25, -0.2) is 0 Å². The molecule has 0 spiro atoms. The number of likely N-dealkylation sites (N-methyl/N-ethyl adjacent to an activating group) is 1. The third kappa shape index (κ3) is 42.3. The predicted octanol–water partition coefficient (Wildman–Crippen LogP) is 13.2. The fraction of sp³-hybridized carbons (Fsp3) is 0.759. The number of ether oxygens (including phenoxy) is 3. The summed E-state index contributed by atoms with van der Waals surface area (Å²) in [6.07, 6.45) is 55.3. The van der Waals surface area contributed by atoms with Crippen molar-refractivity contribution in [1.29, 1.82) is 0 Å². The molecule has 2 atom stereocenters. The lowest BCUT2D eigenvalue weighted by molar-refractivity contribution is -0.889. The molecule has 0 rings (SSSR count). The monoisotopic (exact) mass is 870 g/mol. The van der Waals surface area contributed by atoms with Crippen molar-refractivity contribution in [2.24, 2.45) is 0 Å². The average molecular weight is 870 g/mol. The van der Waals surface area contributed by atoms with Gasteiger partial charge in [0, 0.05) is 19.3 Å². The lowest BCUT2D eigenvalue weighted by Gasteiger charge is -2.34. The highest BCUT2D eigenvalue weighted by Crippen LogP contribution is 2.14. The highest BCUT2D eigenvalue weighted by atomic mass is 16.6. The van der Waals surface area contributed by atoms with Crippen molar-refractivity contribution in [3.05, 3.63) is 60.8 Å². The number of unbranched alkanes of at least 4 members (excludes halogenated alkanes) is 22. The Kier molecular flexibility index (Phi) is 42.5. The molecule has 0 aromatic rings. The first-order valence-corrected chi connectivity index (χ1v) is 25.3. The number of allylic oxidation sites excluding steroid dienone is 10. The van der Waals surface area contributed by atoms with Crippen LogP contribution in [0.5, 0.6) is 0 Å². The van der Waals surface area contributed by atoms with E-state index in [-0.39, 0.29) is 49.1 Å². The minimum Gasteiger partial charge on any atom is -0.544 e. The number of hydrogen-bond donors (Lipinski definition) is 0. The van der Waals surface area contributed by atoms with Gasteiger partial charge in [0.05, 0.1) is 40.3 Å². The minimum atomic E-state index is -1.13. The second-order valence-corrected chi connectivity index (χ2v) is 18.1. The summed E-state index contributed by atoms with van der Waals surface area (Å²) in [5.74, 6) is -1.78. The molecule has 0 N–H and O–H groups in total. The molecule has 0 aromatic carbocycles. The summed E-state index contributed by atoms with van der Waals surface area (Å²) in [4.78, 5) is 37.0. The maximum absolute atomic E-state index is 12.8. The molecule has 0 aliphatic carbocycles. The Hall–Kier alpha value is -2.97. The smallest absolute Gasteiger partial charge is 0.306 e. The zero-order chi connectivity index (χ0) is 45.6. The Morgan fingerprint density at radius 2 is 0.903 bits per heavy atom. The van der Waals surface area contributed by atoms with Crippen LogP contribution in [-0.4, -0.2) is 75.5 Å². The van der Waals surface area contributed by atoms with Gasteiger partial charge in [-0.05, 0) is 77.0 Å². The van der Waals surface area contributed by atoms with E-state index < -0.39 is 18.1 Å². The Morgan fingerprint density at radius 1 is 0.500 bits per heavy atom. The van der Waals surface area contributed by atoms with Gasteiger partial charge in [0.15, 0.2) is 6.10 Å². The first-order valence-electron chi connectivity index (χ1n) is 25.3. The molecule has 8 nitrogen and oxygen atoms in total. The van der Waals surface area contributed by atoms with Crippen LogP contribution in [0.15, 0.2) is 60.8 Å². The molecular weight excluding hydrogens is 775 g/mol. The molecule has 2 unspecified atom stereocenters. The average Bonchev–Trinajstić information content (AvgIpc) is 3.23. The zero-order valence-corrected chi connectivity index (χ0v) is 40.8. The van der Waals surface area contributed by atoms with E-state index in [1.54, 1.807) is 21.1 Å². The normalized spacial score (nSPS) is 13.4. The van der Waals surface area contributed by atoms with E-state index in [0.29, 0.717) is 6.42 Å². The number of quaternary nitrogens is 1. The summed E-state index contributed by atoms with van der Waals surface area (Å²) in [7, 11) is 5.40. The van der Waals surface area contributed by atoms with Crippen LogP contribution in [0.1, 0.15) is 213 Å². The highest BCUT2D eigenvalue weighted by molar-refractivity contribution is 5.70. The van der Waals surface area contributed by atoms with Gasteiger partial charge in [0.2, 0.25) is 0 Å². The van der Waals surface area contributed by atoms with Crippen molar-refractivity contribution in [3.8, 4) is 0 Å². The van der Waals surface area contributed by atoms with Crippen LogP contribution in [-0.2, 0) is 28.6 Å². The van der Waals surface area contributed by atoms with Gasteiger partial charge in [-0.1, -0.05) is 177 Å². The molecule has 0 radical (unpaired) electrons. The number of hydrogen-bond acceptors (Lipinski definition) is 7. The van der Waals surface area contributed by atoms with Gasteiger partial charge in [0.25, 0.3) is 0 Å². The summed E-state index contributed by atoms with van der Waals surface area (Å²) < 4.78 is 17.2. The molecule has 0 bridgehead atoms. The third-order valence-corrected chi connectivity index (χ3v) is 11.2. The second-order valence-electron chi connectivity index (χ2n) is 18.1. The predicted molar refractivity (Wildman–Crippen MR) is 259 cm³/mol. The Bertz CT molecular complexity index is 1200. The molecule has 0 aromatic heterocycles. The highest BCUT2D eigenvalue weighted by Gasteiger charge is 2.25. The summed E-state index contributed by atoms with van der Waals surface area (Å²) in [6.45, 7) is 4.60. The van der Waals surface area contributed by atoms with Gasteiger partial charge in [-0.3, -0.25) is 9.59 Å². The van der Waals surface area contributed by atoms with Crippen molar-refractivity contribution in [1.82, 2.24) is 0 Å². The molecule has 0 aliphatic heterocycles. The van der Waals surface area contributed by atoms with E-state index in [2.05, 4.69) is 74.6 Å². The topological polar surface area (TPSA) is 102 Å². The molecule has 8 heteroatoms. The fourth-order valence-electron chi connectivity index (χ4n) is 7.19. The summed E-state index contributed by atoms with van der Waals surface area (Å²) in [6, 6.07) is -0.734. The molecule has 0 amide bonds. The third-order valence-electron chi connectivity index (χ3n) is 11.2. The number of rotatable bonds is 45. The summed E-state index contributed by atoms with van der Waals surface area (Å²) in [5.41, 5.74) is 0. The maximum atomic E-state index is 12.8. The van der Waals surface area contributed by atoms with E-state index in [1.807, 2.05) is 0 Å². The molecular formula is C54H95NO7. The van der Waals surface area contributed by atoms with Crippen LogP contribution in [0, 0.1) is 0 Å². The van der Waals surface area contributed by atoms with Crippen molar-refractivity contribution >= 4 is 17.9 Å². The van der Waals surface area contributed by atoms with Gasteiger partial charge in [-0.15, -0.1) is 0 Å². The zero-order valence-electron chi connectivity index (χ0n) is 40.8. The van der Waals surface area contributed by atoms with Crippen LogP contribution in [0.4, 0.5) is 0 Å². The molecule has 0 saturated carbocycles. The number of carbonyl (C=O) groups excluding carboxylic acids is 3. The van der Waals surface area contributed by atoms with Gasteiger partial charge >= 0.3 is 11.9 Å². The summed E-state index contributed by atoms with van der Waals surface area (Å²) >= 11 is 0. The summed E-state index contributed by atoms with van der Waals surface area (Å²) in [5, 5.41) is 11.7. The largest absolute Gasteiger partial charge is 0.544 e. The number of carbonyl (C=O) groups is 3. The first kappa shape index (κ1) is 59.0. The number of aliphatic carboxylic acids is 1. The molecule has 62 heavy (non-hydrogen) atoms. The van der Waals surface area contributed by atoms with Crippen molar-refractivity contribution in [2.45, 2.75) is 225 Å². The Balaban J connectivity index is 4.29. The van der Waals surface area contributed by atoms with Crippen LogP contribution >= 0.6 is 0 Å². The van der Waals surface area contributed by atoms with Crippen LogP contribution in [0.2, 0.25) is 0 Å². The number of nitrogens with zero attached hydrogens (tertiary/aromatic N) is 1. The van der Waals surface area contributed by atoms with Gasteiger partial charge < -0.3 is 28.6 Å². The lowest BCUT2D eigenvalue weighted by atomic mass is 10.1. The maximum Gasteiger partial charge on any atom is 0.306 e. The molecule has 0 heterocycles. The van der Waals surface area contributed by atoms with E-state index >= 15 is 0 Å². The van der Waals surface area contributed by atoms with Crippen LogP contribution in [0.3, 0.4) is 0 Å². The molecule has 0 saturated heterocycles. The molecule has 0 aliphatic rings. The first-order chi connectivity index (χ1) is 30.1. The number of carboxylic acid groups (broad SMARTS) is 1. The molecule has 358 valence electrons.